The highest BCUT2D eigenvalue weighted by Gasteiger charge is 2.38. The Morgan fingerprint density at radius 1 is 1.75 bits per heavy atom. The Labute approximate surface area is 87.9 Å². The smallest absolute Gasteiger partial charge is 0.189 e. The van der Waals surface area contributed by atoms with Crippen LogP contribution in [0.15, 0.2) is 24.5 Å². The molecule has 0 aliphatic carbocycles. The van der Waals surface area contributed by atoms with Crippen LogP contribution in [0.4, 0.5) is 0 Å². The second-order valence-corrected chi connectivity index (χ2v) is 5.59. The predicted molar refractivity (Wildman–Crippen MR) is 54.4 cm³/mol. The third kappa shape index (κ3) is 1.64. The summed E-state index contributed by atoms with van der Waals surface area (Å²) in [5, 5.41) is 0. The van der Waals surface area contributed by atoms with Gasteiger partial charge in [-0.25, -0.2) is 0 Å². The second kappa shape index (κ2) is 3.75. The molecule has 1 unspecified atom stereocenters. The normalized spacial score (nSPS) is 27.2. The molecule has 1 rings (SSSR count). The highest BCUT2D eigenvalue weighted by Crippen LogP contribution is 2.34. The van der Waals surface area contributed by atoms with Crippen LogP contribution in [0.1, 0.15) is 6.42 Å². The standard InChI is InChI=1S/C8H8Br2O2/c1-6(7(9)10)8(5-11)3-2-4-12-8/h2,4-5,7H,1,3H2. The van der Waals surface area contributed by atoms with Crippen molar-refractivity contribution in [1.82, 2.24) is 0 Å². The maximum atomic E-state index is 10.8. The van der Waals surface area contributed by atoms with Gasteiger partial charge in [-0.05, 0) is 11.6 Å². The molecule has 4 heteroatoms. The van der Waals surface area contributed by atoms with Crippen LogP contribution < -0.4 is 0 Å². The molecule has 0 spiro atoms. The number of carbonyl (C=O) groups excluding carboxylic acids is 1. The van der Waals surface area contributed by atoms with Gasteiger partial charge in [-0.15, -0.1) is 0 Å². The Morgan fingerprint density at radius 3 is 2.75 bits per heavy atom. The first-order valence-corrected chi connectivity index (χ1v) is 5.22. The van der Waals surface area contributed by atoms with Crippen LogP contribution in [0, 0.1) is 0 Å². The molecule has 0 aromatic heterocycles. The summed E-state index contributed by atoms with van der Waals surface area (Å²) in [5.41, 5.74) is -0.181. The van der Waals surface area contributed by atoms with Crippen molar-refractivity contribution in [2.24, 2.45) is 0 Å². The van der Waals surface area contributed by atoms with Gasteiger partial charge in [0.2, 0.25) is 0 Å². The minimum absolute atomic E-state index is 0.102. The highest BCUT2D eigenvalue weighted by atomic mass is 79.9. The summed E-state index contributed by atoms with van der Waals surface area (Å²) in [4.78, 5) is 10.8. The Bertz CT molecular complexity index is 225. The van der Waals surface area contributed by atoms with Crippen LogP contribution in [0.25, 0.3) is 0 Å². The molecule has 2 nitrogen and oxygen atoms in total. The second-order valence-electron chi connectivity index (χ2n) is 2.53. The van der Waals surface area contributed by atoms with E-state index in [0.29, 0.717) is 12.0 Å². The molecule has 0 radical (unpaired) electrons. The molecule has 66 valence electrons. The third-order valence-corrected chi connectivity index (χ3v) is 2.90. The Balaban J connectivity index is 2.81. The molecule has 1 aliphatic rings. The quantitative estimate of drug-likeness (QED) is 0.454. The summed E-state index contributed by atoms with van der Waals surface area (Å²) in [6.07, 6.45) is 4.68. The summed E-state index contributed by atoms with van der Waals surface area (Å²) in [6, 6.07) is 0. The van der Waals surface area contributed by atoms with Gasteiger partial charge in [-0.3, -0.25) is 4.79 Å². The molecule has 0 N–H and O–H groups in total. The number of ether oxygens (including phenoxy) is 1. The average molecular weight is 296 g/mol. The monoisotopic (exact) mass is 294 g/mol. The fourth-order valence-corrected chi connectivity index (χ4v) is 1.76. The Hall–Kier alpha value is -0.0900. The molecule has 0 fully saturated rings. The van der Waals surface area contributed by atoms with E-state index >= 15 is 0 Å². The van der Waals surface area contributed by atoms with Gasteiger partial charge in [0.15, 0.2) is 11.9 Å². The van der Waals surface area contributed by atoms with Gasteiger partial charge in [-0.1, -0.05) is 38.4 Å². The lowest BCUT2D eigenvalue weighted by Gasteiger charge is -2.25. The molecule has 1 aliphatic heterocycles. The van der Waals surface area contributed by atoms with Gasteiger partial charge in [-0.2, -0.15) is 0 Å². The number of hydrogen-bond donors (Lipinski definition) is 0. The first-order valence-electron chi connectivity index (χ1n) is 3.39. The van der Waals surface area contributed by atoms with Crippen LogP contribution in [-0.2, 0) is 9.53 Å². The highest BCUT2D eigenvalue weighted by molar-refractivity contribution is 9.24. The summed E-state index contributed by atoms with van der Waals surface area (Å²) < 4.78 is 5.10. The predicted octanol–water partition coefficient (Wildman–Crippen LogP) is 2.53. The fraction of sp³-hybridized carbons (Fsp3) is 0.375. The van der Waals surface area contributed by atoms with Gasteiger partial charge in [0.25, 0.3) is 0 Å². The van der Waals surface area contributed by atoms with Crippen molar-refractivity contribution >= 4 is 38.1 Å². The number of carbonyl (C=O) groups is 1. The van der Waals surface area contributed by atoms with E-state index in [2.05, 4.69) is 38.4 Å². The van der Waals surface area contributed by atoms with Crippen LogP contribution in [0.5, 0.6) is 0 Å². The van der Waals surface area contributed by atoms with Crippen LogP contribution in [0.2, 0.25) is 0 Å². The zero-order valence-electron chi connectivity index (χ0n) is 6.30. The van der Waals surface area contributed by atoms with Gasteiger partial charge in [0, 0.05) is 6.42 Å². The third-order valence-electron chi connectivity index (χ3n) is 1.79. The molecular formula is C8H8Br2O2. The number of rotatable bonds is 3. The molecule has 1 heterocycles. The van der Waals surface area contributed by atoms with Crippen molar-refractivity contribution in [3.8, 4) is 0 Å². The van der Waals surface area contributed by atoms with E-state index in [0.717, 1.165) is 6.29 Å². The van der Waals surface area contributed by atoms with E-state index in [1.54, 1.807) is 0 Å². The van der Waals surface area contributed by atoms with Crippen molar-refractivity contribution in [1.29, 1.82) is 0 Å². The lowest BCUT2D eigenvalue weighted by Crippen LogP contribution is -2.34. The van der Waals surface area contributed by atoms with Gasteiger partial charge in [0.1, 0.15) is 0 Å². The minimum atomic E-state index is -0.863. The van der Waals surface area contributed by atoms with E-state index in [-0.39, 0.29) is 3.74 Å². The van der Waals surface area contributed by atoms with E-state index in [4.69, 9.17) is 4.74 Å². The molecular weight excluding hydrogens is 288 g/mol. The average Bonchev–Trinajstić information content (AvgIpc) is 2.52. The SMILES string of the molecule is C=C(C(Br)Br)C1(C=O)CC=CO1. The zero-order valence-corrected chi connectivity index (χ0v) is 9.47. The molecule has 1 atom stereocenters. The fourth-order valence-electron chi connectivity index (χ4n) is 0.984. The Kier molecular flexibility index (Phi) is 3.12. The zero-order chi connectivity index (χ0) is 9.19. The summed E-state index contributed by atoms with van der Waals surface area (Å²) in [6.45, 7) is 3.79. The maximum absolute atomic E-state index is 10.8. The summed E-state index contributed by atoms with van der Waals surface area (Å²) >= 11 is 6.55. The molecule has 0 aromatic rings. The maximum Gasteiger partial charge on any atom is 0.189 e. The first kappa shape index (κ1) is 9.99. The summed E-state index contributed by atoms with van der Waals surface area (Å²) in [5.74, 6) is 0. The topological polar surface area (TPSA) is 26.3 Å². The molecule has 0 saturated heterocycles. The van der Waals surface area contributed by atoms with Crippen LogP contribution in [0.3, 0.4) is 0 Å². The van der Waals surface area contributed by atoms with Crippen molar-refractivity contribution in [3.05, 3.63) is 24.5 Å². The van der Waals surface area contributed by atoms with E-state index < -0.39 is 5.60 Å². The molecule has 0 bridgehead atoms. The molecule has 0 amide bonds. The Morgan fingerprint density at radius 2 is 2.42 bits per heavy atom. The van der Waals surface area contributed by atoms with E-state index in [9.17, 15) is 4.79 Å². The molecule has 12 heavy (non-hydrogen) atoms. The van der Waals surface area contributed by atoms with E-state index in [1.165, 1.54) is 6.26 Å². The molecule has 0 aromatic carbocycles. The van der Waals surface area contributed by atoms with Crippen molar-refractivity contribution < 1.29 is 9.53 Å². The van der Waals surface area contributed by atoms with Crippen LogP contribution in [-0.4, -0.2) is 15.6 Å². The van der Waals surface area contributed by atoms with Gasteiger partial charge in [0.05, 0.1) is 10.00 Å². The van der Waals surface area contributed by atoms with Gasteiger partial charge < -0.3 is 4.74 Å². The van der Waals surface area contributed by atoms with Crippen molar-refractivity contribution in [2.75, 3.05) is 0 Å². The number of halogens is 2. The minimum Gasteiger partial charge on any atom is -0.483 e. The first-order chi connectivity index (χ1) is 5.62. The van der Waals surface area contributed by atoms with Gasteiger partial charge >= 0.3 is 0 Å². The van der Waals surface area contributed by atoms with Crippen molar-refractivity contribution in [3.63, 3.8) is 0 Å². The van der Waals surface area contributed by atoms with Crippen molar-refractivity contribution in [2.45, 2.75) is 15.8 Å². The number of hydrogen-bond acceptors (Lipinski definition) is 2. The lowest BCUT2D eigenvalue weighted by atomic mass is 9.95. The summed E-state index contributed by atoms with van der Waals surface area (Å²) in [7, 11) is 0. The van der Waals surface area contributed by atoms with E-state index in [1.807, 2.05) is 6.08 Å². The molecule has 0 saturated carbocycles. The number of alkyl halides is 2. The largest absolute Gasteiger partial charge is 0.483 e. The lowest BCUT2D eigenvalue weighted by molar-refractivity contribution is -0.119. The number of aldehydes is 1. The van der Waals surface area contributed by atoms with Crippen LogP contribution >= 0.6 is 31.9 Å².